The summed E-state index contributed by atoms with van der Waals surface area (Å²) in [5.41, 5.74) is 0.557. The minimum Gasteiger partial charge on any atom is -0.497 e. The number of carbonyl (C=O) groups is 1. The molecule has 3 aromatic rings. The average Bonchev–Trinajstić information content (AvgIpc) is 2.76. The molecule has 1 aliphatic rings. The first-order valence-electron chi connectivity index (χ1n) is 8.82. The van der Waals surface area contributed by atoms with Crippen molar-refractivity contribution in [3.05, 3.63) is 95.0 Å². The van der Waals surface area contributed by atoms with Crippen molar-refractivity contribution in [1.29, 1.82) is 0 Å². The lowest BCUT2D eigenvalue weighted by molar-refractivity contribution is 0.104. The number of carbonyl (C=O) groups excluding carboxylic acids is 1. The first-order valence-corrected chi connectivity index (χ1v) is 10.3. The van der Waals surface area contributed by atoms with E-state index < -0.39 is 32.2 Å². The molecule has 1 heterocycles. The van der Waals surface area contributed by atoms with Crippen LogP contribution in [0.1, 0.15) is 10.4 Å². The van der Waals surface area contributed by atoms with Gasteiger partial charge in [-0.05, 0) is 48.5 Å². The number of Topliss-reactive ketones (excluding diaryl/α,β-unsaturated/α-hetero) is 1. The summed E-state index contributed by atoms with van der Waals surface area (Å²) < 4.78 is 58.6. The van der Waals surface area contributed by atoms with E-state index >= 15 is 0 Å². The second kappa shape index (κ2) is 7.38. The number of halogens is 2. The topological polar surface area (TPSA) is 63.7 Å². The van der Waals surface area contributed by atoms with Gasteiger partial charge in [0.1, 0.15) is 10.7 Å². The Bertz CT molecular complexity index is 1280. The quantitative estimate of drug-likeness (QED) is 0.569. The molecule has 0 unspecified atom stereocenters. The summed E-state index contributed by atoms with van der Waals surface area (Å²) in [5, 5.41) is 0. The van der Waals surface area contributed by atoms with Crippen molar-refractivity contribution in [1.82, 2.24) is 0 Å². The van der Waals surface area contributed by atoms with Crippen molar-refractivity contribution >= 4 is 27.0 Å². The van der Waals surface area contributed by atoms with Gasteiger partial charge in [0.15, 0.2) is 11.6 Å². The fourth-order valence-electron chi connectivity index (χ4n) is 3.17. The maximum absolute atomic E-state index is 13.8. The van der Waals surface area contributed by atoms with Gasteiger partial charge in [-0.25, -0.2) is 17.2 Å². The molecule has 3 aromatic carbocycles. The molecule has 0 atom stereocenters. The van der Waals surface area contributed by atoms with Gasteiger partial charge in [0.25, 0.3) is 0 Å². The van der Waals surface area contributed by atoms with Crippen LogP contribution in [0.2, 0.25) is 0 Å². The van der Waals surface area contributed by atoms with Gasteiger partial charge >= 0.3 is 0 Å². The van der Waals surface area contributed by atoms with Crippen LogP contribution in [0.15, 0.2) is 82.7 Å². The van der Waals surface area contributed by atoms with E-state index in [-0.39, 0.29) is 21.8 Å². The SMILES string of the molecule is COc1ccc(C(=O)C2=CN(c3ccc(F)c(F)c3)c3ccccc3S2(=O)=O)cc1. The van der Waals surface area contributed by atoms with Crippen molar-refractivity contribution in [2.24, 2.45) is 0 Å². The zero-order valence-corrected chi connectivity index (χ0v) is 16.5. The molecule has 0 spiro atoms. The number of ether oxygens (including phenoxy) is 1. The Morgan fingerprint density at radius 2 is 1.63 bits per heavy atom. The highest BCUT2D eigenvalue weighted by atomic mass is 32.2. The third-order valence-electron chi connectivity index (χ3n) is 4.71. The molecule has 0 N–H and O–H groups in total. The van der Waals surface area contributed by atoms with Gasteiger partial charge in [0.2, 0.25) is 15.6 Å². The van der Waals surface area contributed by atoms with E-state index in [1.807, 2.05) is 0 Å². The molecule has 0 fully saturated rings. The third-order valence-corrected chi connectivity index (χ3v) is 6.50. The van der Waals surface area contributed by atoms with Crippen molar-refractivity contribution < 1.29 is 26.7 Å². The Hall–Kier alpha value is -3.52. The number of nitrogens with zero attached hydrogens (tertiary/aromatic N) is 1. The van der Waals surface area contributed by atoms with E-state index in [1.54, 1.807) is 18.2 Å². The molecule has 0 radical (unpaired) electrons. The lowest BCUT2D eigenvalue weighted by Gasteiger charge is -2.28. The maximum atomic E-state index is 13.8. The van der Waals surface area contributed by atoms with Crippen LogP contribution in [0.5, 0.6) is 5.75 Å². The molecule has 0 aliphatic carbocycles. The lowest BCUT2D eigenvalue weighted by atomic mass is 10.1. The molecule has 30 heavy (non-hydrogen) atoms. The Kier molecular flexibility index (Phi) is 4.87. The summed E-state index contributed by atoms with van der Waals surface area (Å²) in [6, 6.07) is 15.2. The standard InChI is InChI=1S/C22H15F2NO4S/c1-29-16-9-6-14(7-10-16)22(26)21-13-25(15-8-11-17(23)18(24)12-15)19-4-2-3-5-20(19)30(21,27)28/h2-13H,1H3. The lowest BCUT2D eigenvalue weighted by Crippen LogP contribution is -2.25. The van der Waals surface area contributed by atoms with Crippen molar-refractivity contribution in [2.75, 3.05) is 12.0 Å². The predicted molar refractivity (Wildman–Crippen MR) is 108 cm³/mol. The number of rotatable bonds is 4. The van der Waals surface area contributed by atoms with Crippen LogP contribution < -0.4 is 9.64 Å². The molecular weight excluding hydrogens is 412 g/mol. The first-order chi connectivity index (χ1) is 14.3. The molecule has 0 saturated heterocycles. The van der Waals surface area contributed by atoms with Gasteiger partial charge in [-0.15, -0.1) is 0 Å². The van der Waals surface area contributed by atoms with Crippen LogP contribution in [0, 0.1) is 11.6 Å². The van der Waals surface area contributed by atoms with E-state index in [0.29, 0.717) is 5.75 Å². The number of para-hydroxylation sites is 1. The number of allylic oxidation sites excluding steroid dienone is 1. The smallest absolute Gasteiger partial charge is 0.214 e. The number of benzene rings is 3. The molecule has 0 amide bonds. The minimum atomic E-state index is -4.13. The zero-order valence-electron chi connectivity index (χ0n) is 15.7. The van der Waals surface area contributed by atoms with Crippen molar-refractivity contribution in [2.45, 2.75) is 4.90 Å². The monoisotopic (exact) mass is 427 g/mol. The Morgan fingerprint density at radius 3 is 2.30 bits per heavy atom. The normalized spacial score (nSPS) is 14.6. The number of ketones is 1. The van der Waals surface area contributed by atoms with E-state index in [9.17, 15) is 22.0 Å². The predicted octanol–water partition coefficient (Wildman–Crippen LogP) is 4.62. The van der Waals surface area contributed by atoms with Crippen LogP contribution in [0.25, 0.3) is 0 Å². The third kappa shape index (κ3) is 3.25. The molecule has 0 saturated carbocycles. The fraction of sp³-hybridized carbons (Fsp3) is 0.0455. The first kappa shape index (κ1) is 19.8. The van der Waals surface area contributed by atoms with Gasteiger partial charge in [-0.3, -0.25) is 4.79 Å². The van der Waals surface area contributed by atoms with Gasteiger partial charge < -0.3 is 9.64 Å². The Labute approximate surface area is 171 Å². The summed E-state index contributed by atoms with van der Waals surface area (Å²) in [4.78, 5) is 13.9. The molecule has 4 rings (SSSR count). The largest absolute Gasteiger partial charge is 0.497 e. The summed E-state index contributed by atoms with van der Waals surface area (Å²) in [5.74, 6) is -2.33. The van der Waals surface area contributed by atoms with E-state index in [2.05, 4.69) is 0 Å². The number of sulfone groups is 1. The molecular formula is C22H15F2NO4S. The van der Waals surface area contributed by atoms with Gasteiger partial charge in [-0.2, -0.15) is 0 Å². The van der Waals surface area contributed by atoms with Crippen LogP contribution in [0.3, 0.4) is 0 Å². The van der Waals surface area contributed by atoms with Crippen LogP contribution in [0.4, 0.5) is 20.2 Å². The van der Waals surface area contributed by atoms with Gasteiger partial charge in [0.05, 0.1) is 17.7 Å². The number of hydrogen-bond acceptors (Lipinski definition) is 5. The fourth-order valence-corrected chi connectivity index (χ4v) is 4.71. The van der Waals surface area contributed by atoms with Gasteiger partial charge in [0, 0.05) is 23.5 Å². The molecule has 8 heteroatoms. The molecule has 152 valence electrons. The maximum Gasteiger partial charge on any atom is 0.214 e. The van der Waals surface area contributed by atoms with Crippen LogP contribution >= 0.6 is 0 Å². The zero-order chi connectivity index (χ0) is 21.5. The van der Waals surface area contributed by atoms with Gasteiger partial charge in [-0.1, -0.05) is 12.1 Å². The van der Waals surface area contributed by atoms with E-state index in [4.69, 9.17) is 4.74 Å². The highest BCUT2D eigenvalue weighted by Gasteiger charge is 2.36. The van der Waals surface area contributed by atoms with E-state index in [1.165, 1.54) is 48.4 Å². The van der Waals surface area contributed by atoms with Crippen LogP contribution in [-0.4, -0.2) is 21.3 Å². The summed E-state index contributed by atoms with van der Waals surface area (Å²) in [6.45, 7) is 0. The minimum absolute atomic E-state index is 0.103. The second-order valence-corrected chi connectivity index (χ2v) is 8.38. The number of hydrogen-bond donors (Lipinski definition) is 0. The molecule has 0 aromatic heterocycles. The summed E-state index contributed by atoms with van der Waals surface area (Å²) in [7, 11) is -2.66. The number of fused-ring (bicyclic) bond motifs is 1. The van der Waals surface area contributed by atoms with Crippen molar-refractivity contribution in [3.8, 4) is 5.75 Å². The molecule has 5 nitrogen and oxygen atoms in total. The average molecular weight is 427 g/mol. The number of anilines is 2. The molecule has 0 bridgehead atoms. The highest BCUT2D eigenvalue weighted by molar-refractivity contribution is 7.96. The summed E-state index contributed by atoms with van der Waals surface area (Å²) >= 11 is 0. The number of methoxy groups -OCH3 is 1. The van der Waals surface area contributed by atoms with Crippen LogP contribution in [-0.2, 0) is 9.84 Å². The van der Waals surface area contributed by atoms with Crippen molar-refractivity contribution in [3.63, 3.8) is 0 Å². The molecule has 1 aliphatic heterocycles. The highest BCUT2D eigenvalue weighted by Crippen LogP contribution is 2.40. The second-order valence-electron chi connectivity index (χ2n) is 6.49. The summed E-state index contributed by atoms with van der Waals surface area (Å²) in [6.07, 6.45) is 1.14. The van der Waals surface area contributed by atoms with E-state index in [0.717, 1.165) is 18.3 Å². The Balaban J connectivity index is 1.89. The Morgan fingerprint density at radius 1 is 0.933 bits per heavy atom.